The van der Waals surface area contributed by atoms with Crippen LogP contribution in [0.2, 0.25) is 0 Å². The molecule has 2 nitrogen and oxygen atoms in total. The largest absolute Gasteiger partial charge is 0.384 e. The Labute approximate surface area is 61.7 Å². The van der Waals surface area contributed by atoms with E-state index < -0.39 is 11.1 Å². The Morgan fingerprint density at radius 1 is 1.20 bits per heavy atom. The second-order valence-corrected chi connectivity index (χ2v) is 3.52. The SMILES string of the molecule is CC1=C(C)[C@@](C)(N)[C@@]1(C)O. The first-order chi connectivity index (χ1) is 4.32. The van der Waals surface area contributed by atoms with Crippen molar-refractivity contribution in [3.63, 3.8) is 0 Å². The molecule has 0 saturated carbocycles. The maximum atomic E-state index is 9.70. The van der Waals surface area contributed by atoms with E-state index in [0.29, 0.717) is 0 Å². The van der Waals surface area contributed by atoms with Gasteiger partial charge in [-0.15, -0.1) is 0 Å². The third-order valence-corrected chi connectivity index (χ3v) is 3.08. The molecule has 58 valence electrons. The average Bonchev–Trinajstić information content (AvgIpc) is 1.84. The van der Waals surface area contributed by atoms with E-state index in [0.717, 1.165) is 11.1 Å². The van der Waals surface area contributed by atoms with E-state index in [1.807, 2.05) is 20.8 Å². The normalized spacial score (nSPS) is 47.4. The minimum atomic E-state index is -0.795. The van der Waals surface area contributed by atoms with Crippen LogP contribution in [0.4, 0.5) is 0 Å². The zero-order valence-electron chi connectivity index (χ0n) is 7.02. The number of hydrogen-bond donors (Lipinski definition) is 2. The van der Waals surface area contributed by atoms with Crippen molar-refractivity contribution in [2.75, 3.05) is 0 Å². The molecule has 0 amide bonds. The summed E-state index contributed by atoms with van der Waals surface area (Å²) >= 11 is 0. The van der Waals surface area contributed by atoms with Crippen LogP contribution in [0.5, 0.6) is 0 Å². The topological polar surface area (TPSA) is 46.2 Å². The van der Waals surface area contributed by atoms with Gasteiger partial charge in [-0.1, -0.05) is 0 Å². The van der Waals surface area contributed by atoms with E-state index >= 15 is 0 Å². The lowest BCUT2D eigenvalue weighted by Crippen LogP contribution is -2.65. The Morgan fingerprint density at radius 3 is 1.70 bits per heavy atom. The minimum Gasteiger partial charge on any atom is -0.384 e. The molecular formula is C8H15NO. The van der Waals surface area contributed by atoms with Crippen LogP contribution in [0.25, 0.3) is 0 Å². The van der Waals surface area contributed by atoms with Gasteiger partial charge in [-0.05, 0) is 38.8 Å². The summed E-state index contributed by atoms with van der Waals surface area (Å²) in [6.07, 6.45) is 0. The van der Waals surface area contributed by atoms with Crippen molar-refractivity contribution in [3.8, 4) is 0 Å². The molecule has 0 spiro atoms. The predicted octanol–water partition coefficient (Wildman–Crippen LogP) is 0.805. The molecule has 0 bridgehead atoms. The van der Waals surface area contributed by atoms with Crippen LogP contribution in [-0.4, -0.2) is 16.2 Å². The average molecular weight is 141 g/mol. The lowest BCUT2D eigenvalue weighted by Gasteiger charge is -2.51. The van der Waals surface area contributed by atoms with E-state index in [1.54, 1.807) is 6.92 Å². The van der Waals surface area contributed by atoms with E-state index in [-0.39, 0.29) is 0 Å². The van der Waals surface area contributed by atoms with Crippen LogP contribution < -0.4 is 5.73 Å². The molecular weight excluding hydrogens is 126 g/mol. The molecule has 2 atom stereocenters. The molecule has 10 heavy (non-hydrogen) atoms. The smallest absolute Gasteiger partial charge is 0.104 e. The highest BCUT2D eigenvalue weighted by atomic mass is 16.3. The first-order valence-electron chi connectivity index (χ1n) is 3.51. The van der Waals surface area contributed by atoms with Gasteiger partial charge in [-0.25, -0.2) is 0 Å². The molecule has 0 aromatic heterocycles. The predicted molar refractivity (Wildman–Crippen MR) is 41.6 cm³/mol. The van der Waals surface area contributed by atoms with Gasteiger partial charge in [0.1, 0.15) is 5.60 Å². The molecule has 2 heteroatoms. The molecule has 1 rings (SSSR count). The highest BCUT2D eigenvalue weighted by molar-refractivity contribution is 5.46. The van der Waals surface area contributed by atoms with Crippen LogP contribution in [0.1, 0.15) is 27.7 Å². The van der Waals surface area contributed by atoms with E-state index in [1.165, 1.54) is 0 Å². The minimum absolute atomic E-state index is 0.517. The van der Waals surface area contributed by atoms with Crippen molar-refractivity contribution in [2.45, 2.75) is 38.8 Å². The molecule has 0 aromatic carbocycles. The highest BCUT2D eigenvalue weighted by Crippen LogP contribution is 2.44. The van der Waals surface area contributed by atoms with Gasteiger partial charge in [0.25, 0.3) is 0 Å². The molecule has 0 aliphatic heterocycles. The summed E-state index contributed by atoms with van der Waals surface area (Å²) in [5.41, 5.74) is 6.63. The quantitative estimate of drug-likeness (QED) is 0.490. The van der Waals surface area contributed by atoms with Gasteiger partial charge in [-0.2, -0.15) is 0 Å². The lowest BCUT2D eigenvalue weighted by atomic mass is 9.62. The number of aliphatic hydroxyl groups is 1. The fourth-order valence-electron chi connectivity index (χ4n) is 1.45. The van der Waals surface area contributed by atoms with E-state index in [4.69, 9.17) is 5.73 Å². The summed E-state index contributed by atoms with van der Waals surface area (Å²) in [6, 6.07) is 0. The molecule has 3 N–H and O–H groups in total. The molecule has 0 fully saturated rings. The number of hydrogen-bond acceptors (Lipinski definition) is 2. The second-order valence-electron chi connectivity index (χ2n) is 3.52. The molecule has 0 unspecified atom stereocenters. The lowest BCUT2D eigenvalue weighted by molar-refractivity contribution is 0.00977. The van der Waals surface area contributed by atoms with Crippen LogP contribution >= 0.6 is 0 Å². The van der Waals surface area contributed by atoms with E-state index in [9.17, 15) is 5.11 Å². The number of nitrogens with two attached hydrogens (primary N) is 1. The first kappa shape index (κ1) is 7.76. The molecule has 0 aromatic rings. The third-order valence-electron chi connectivity index (χ3n) is 3.08. The zero-order valence-corrected chi connectivity index (χ0v) is 7.02. The summed E-state index contributed by atoms with van der Waals surface area (Å²) in [6.45, 7) is 7.50. The standard InChI is InChI=1S/C8H15NO/c1-5-6(2)8(4,10)7(5,3)9/h10H,9H2,1-4H3/t7-,8+/m1/s1. The monoisotopic (exact) mass is 141 g/mol. The van der Waals surface area contributed by atoms with Gasteiger partial charge >= 0.3 is 0 Å². The van der Waals surface area contributed by atoms with Gasteiger partial charge in [0.15, 0.2) is 0 Å². The van der Waals surface area contributed by atoms with Crippen molar-refractivity contribution in [3.05, 3.63) is 11.1 Å². The van der Waals surface area contributed by atoms with E-state index in [2.05, 4.69) is 0 Å². The maximum Gasteiger partial charge on any atom is 0.104 e. The highest BCUT2D eigenvalue weighted by Gasteiger charge is 2.52. The fraction of sp³-hybridized carbons (Fsp3) is 0.750. The van der Waals surface area contributed by atoms with Gasteiger partial charge in [0.2, 0.25) is 0 Å². The summed E-state index contributed by atoms with van der Waals surface area (Å²) < 4.78 is 0. The van der Waals surface area contributed by atoms with Gasteiger partial charge < -0.3 is 10.8 Å². The van der Waals surface area contributed by atoms with Crippen molar-refractivity contribution in [1.29, 1.82) is 0 Å². The number of rotatable bonds is 0. The Morgan fingerprint density at radius 2 is 1.60 bits per heavy atom. The summed E-state index contributed by atoms with van der Waals surface area (Å²) in [5.74, 6) is 0. The Bertz CT molecular complexity index is 179. The van der Waals surface area contributed by atoms with Crippen LogP contribution in [0.15, 0.2) is 11.1 Å². The van der Waals surface area contributed by atoms with Crippen LogP contribution in [0.3, 0.4) is 0 Å². The van der Waals surface area contributed by atoms with Gasteiger partial charge in [0.05, 0.1) is 5.54 Å². The third kappa shape index (κ3) is 0.559. The Hall–Kier alpha value is -0.340. The molecule has 0 radical (unpaired) electrons. The van der Waals surface area contributed by atoms with Crippen molar-refractivity contribution >= 4 is 0 Å². The van der Waals surface area contributed by atoms with Crippen LogP contribution in [0, 0.1) is 0 Å². The van der Waals surface area contributed by atoms with Gasteiger partial charge in [-0.3, -0.25) is 0 Å². The molecule has 1 aliphatic carbocycles. The maximum absolute atomic E-state index is 9.70. The van der Waals surface area contributed by atoms with Crippen molar-refractivity contribution < 1.29 is 5.11 Å². The summed E-state index contributed by atoms with van der Waals surface area (Å²) in [5, 5.41) is 9.70. The van der Waals surface area contributed by atoms with Crippen molar-refractivity contribution in [1.82, 2.24) is 0 Å². The van der Waals surface area contributed by atoms with Crippen LogP contribution in [-0.2, 0) is 0 Å². The summed E-state index contributed by atoms with van der Waals surface area (Å²) in [4.78, 5) is 0. The first-order valence-corrected chi connectivity index (χ1v) is 3.51. The summed E-state index contributed by atoms with van der Waals surface area (Å²) in [7, 11) is 0. The zero-order chi connectivity index (χ0) is 8.15. The molecule has 1 aliphatic rings. The van der Waals surface area contributed by atoms with Crippen molar-refractivity contribution in [2.24, 2.45) is 5.73 Å². The molecule has 0 heterocycles. The molecule has 0 saturated heterocycles. The second kappa shape index (κ2) is 1.63. The van der Waals surface area contributed by atoms with Gasteiger partial charge in [0, 0.05) is 0 Å². The fourth-order valence-corrected chi connectivity index (χ4v) is 1.45. The Kier molecular flexibility index (Phi) is 1.26. The Balaban J connectivity index is 3.10.